The van der Waals surface area contributed by atoms with Crippen molar-refractivity contribution in [3.63, 3.8) is 0 Å². The summed E-state index contributed by atoms with van der Waals surface area (Å²) in [4.78, 5) is 10.2. The second-order valence-corrected chi connectivity index (χ2v) is 15.4. The number of aromatic nitrogens is 4. The first kappa shape index (κ1) is 34.0. The number of para-hydroxylation sites is 2. The number of benzene rings is 9. The van der Waals surface area contributed by atoms with Crippen LogP contribution in [-0.4, -0.2) is 19.1 Å². The third-order valence-electron chi connectivity index (χ3n) is 11.9. The lowest BCUT2D eigenvalue weighted by Gasteiger charge is -2.14. The third-order valence-corrected chi connectivity index (χ3v) is 11.9. The van der Waals surface area contributed by atoms with Crippen LogP contribution < -0.4 is 0 Å². The van der Waals surface area contributed by atoms with Gasteiger partial charge in [-0.3, -0.25) is 0 Å². The van der Waals surface area contributed by atoms with E-state index < -0.39 is 0 Å². The van der Waals surface area contributed by atoms with E-state index in [-0.39, 0.29) is 0 Å². The second-order valence-electron chi connectivity index (χ2n) is 15.4. The van der Waals surface area contributed by atoms with E-state index in [1.165, 1.54) is 60.1 Å². The highest BCUT2D eigenvalue weighted by Gasteiger charge is 2.21. The predicted octanol–water partition coefficient (Wildman–Crippen LogP) is 14.5. The van der Waals surface area contributed by atoms with Gasteiger partial charge in [0.15, 0.2) is 5.82 Å². The maximum absolute atomic E-state index is 5.14. The van der Waals surface area contributed by atoms with Gasteiger partial charge in [-0.05, 0) is 71.1 Å². The zero-order valence-electron chi connectivity index (χ0n) is 32.6. The molecule has 0 aliphatic heterocycles. The summed E-state index contributed by atoms with van der Waals surface area (Å²) in [5, 5.41) is 7.31. The molecule has 0 amide bonds. The van der Waals surface area contributed by atoms with E-state index in [4.69, 9.17) is 9.97 Å². The van der Waals surface area contributed by atoms with Crippen molar-refractivity contribution in [2.45, 2.75) is 0 Å². The van der Waals surface area contributed by atoms with E-state index in [9.17, 15) is 0 Å². The molecule has 0 aliphatic carbocycles. The molecule has 9 aromatic carbocycles. The average Bonchev–Trinajstić information content (AvgIpc) is 3.85. The Labute approximate surface area is 346 Å². The van der Waals surface area contributed by atoms with Crippen LogP contribution >= 0.6 is 0 Å². The van der Waals surface area contributed by atoms with Crippen LogP contribution in [-0.2, 0) is 0 Å². The molecule has 12 aromatic rings. The highest BCUT2D eigenvalue weighted by atomic mass is 15.0. The lowest BCUT2D eigenvalue weighted by atomic mass is 10.0. The summed E-state index contributed by atoms with van der Waals surface area (Å²) in [7, 11) is 0. The molecule has 0 bridgehead atoms. The highest BCUT2D eigenvalue weighted by Crippen LogP contribution is 2.43. The molecule has 4 nitrogen and oxygen atoms in total. The normalized spacial score (nSPS) is 11.7. The molecule has 60 heavy (non-hydrogen) atoms. The number of hydrogen-bond acceptors (Lipinski definition) is 2. The first-order valence-corrected chi connectivity index (χ1v) is 20.4. The van der Waals surface area contributed by atoms with Crippen molar-refractivity contribution in [1.29, 1.82) is 0 Å². The lowest BCUT2D eigenvalue weighted by Crippen LogP contribution is -1.97. The Morgan fingerprint density at radius 2 is 0.850 bits per heavy atom. The molecule has 0 aliphatic rings. The summed E-state index contributed by atoms with van der Waals surface area (Å²) >= 11 is 0. The van der Waals surface area contributed by atoms with Gasteiger partial charge in [0.1, 0.15) is 0 Å². The monoisotopic (exact) mass is 764 g/mol. The van der Waals surface area contributed by atoms with Crippen molar-refractivity contribution in [2.24, 2.45) is 0 Å². The molecule has 0 unspecified atom stereocenters. The average molecular weight is 765 g/mol. The van der Waals surface area contributed by atoms with Gasteiger partial charge in [-0.15, -0.1) is 0 Å². The Morgan fingerprint density at radius 1 is 0.300 bits per heavy atom. The van der Waals surface area contributed by atoms with Crippen LogP contribution in [0.15, 0.2) is 218 Å². The quantitative estimate of drug-likeness (QED) is 0.169. The minimum atomic E-state index is 0.711. The summed E-state index contributed by atoms with van der Waals surface area (Å²) in [6.07, 6.45) is 0. The topological polar surface area (TPSA) is 35.6 Å². The Kier molecular flexibility index (Phi) is 7.82. The van der Waals surface area contributed by atoms with Crippen LogP contribution in [0, 0.1) is 0 Å². The second kappa shape index (κ2) is 13.8. The molecule has 0 radical (unpaired) electrons. The van der Waals surface area contributed by atoms with E-state index in [0.717, 1.165) is 44.8 Å². The van der Waals surface area contributed by atoms with Crippen molar-refractivity contribution in [1.82, 2.24) is 19.1 Å². The first-order valence-electron chi connectivity index (χ1n) is 20.4. The minimum absolute atomic E-state index is 0.711. The van der Waals surface area contributed by atoms with E-state index >= 15 is 0 Å². The fraction of sp³-hybridized carbons (Fsp3) is 0. The van der Waals surface area contributed by atoms with Crippen LogP contribution in [0.25, 0.3) is 111 Å². The Balaban J connectivity index is 1.05. The van der Waals surface area contributed by atoms with Gasteiger partial charge in [-0.2, -0.15) is 0 Å². The molecule has 0 atom stereocenters. The maximum Gasteiger partial charge on any atom is 0.160 e. The SMILES string of the molecule is c1ccc(-c2cccc(-n3c4ccccc4c4c5c6ccccc6n(-c6cccc7cc(-c8cc(-c9ccccc9)nc(-c9ccccc9)n8)ccc67)c5ccc43)c2)cc1. The molecule has 12 rings (SSSR count). The summed E-state index contributed by atoms with van der Waals surface area (Å²) < 4.78 is 4.89. The largest absolute Gasteiger partial charge is 0.309 e. The first-order chi connectivity index (χ1) is 29.8. The van der Waals surface area contributed by atoms with Gasteiger partial charge in [0.2, 0.25) is 0 Å². The molecule has 0 saturated heterocycles. The molecule has 0 N–H and O–H groups in total. The van der Waals surface area contributed by atoms with E-state index in [2.05, 4.69) is 203 Å². The van der Waals surface area contributed by atoms with Crippen LogP contribution in [0.2, 0.25) is 0 Å². The molecule has 0 spiro atoms. The highest BCUT2D eigenvalue weighted by molar-refractivity contribution is 6.29. The lowest BCUT2D eigenvalue weighted by molar-refractivity contribution is 1.18. The number of nitrogens with zero attached hydrogens (tertiary/aromatic N) is 4. The van der Waals surface area contributed by atoms with Gasteiger partial charge in [0.05, 0.1) is 39.1 Å². The smallest absolute Gasteiger partial charge is 0.160 e. The Bertz CT molecular complexity index is 3530. The van der Waals surface area contributed by atoms with Crippen LogP contribution in [0.5, 0.6) is 0 Å². The van der Waals surface area contributed by atoms with Crippen LogP contribution in [0.3, 0.4) is 0 Å². The third kappa shape index (κ3) is 5.46. The Morgan fingerprint density at radius 3 is 1.55 bits per heavy atom. The van der Waals surface area contributed by atoms with Gasteiger partial charge in [-0.1, -0.05) is 164 Å². The summed E-state index contributed by atoms with van der Waals surface area (Å²) in [6, 6.07) is 78.0. The van der Waals surface area contributed by atoms with Crippen molar-refractivity contribution in [2.75, 3.05) is 0 Å². The van der Waals surface area contributed by atoms with E-state index in [0.29, 0.717) is 5.82 Å². The molecule has 0 fully saturated rings. The predicted molar refractivity (Wildman–Crippen MR) is 250 cm³/mol. The molecule has 3 heterocycles. The van der Waals surface area contributed by atoms with E-state index in [1.54, 1.807) is 0 Å². The molecule has 280 valence electrons. The summed E-state index contributed by atoms with van der Waals surface area (Å²) in [5.74, 6) is 0.711. The van der Waals surface area contributed by atoms with Crippen molar-refractivity contribution < 1.29 is 0 Å². The van der Waals surface area contributed by atoms with Crippen molar-refractivity contribution in [3.8, 4) is 56.4 Å². The molecule has 4 heteroatoms. The van der Waals surface area contributed by atoms with Crippen molar-refractivity contribution in [3.05, 3.63) is 218 Å². The van der Waals surface area contributed by atoms with Gasteiger partial charge in [0, 0.05) is 49.3 Å². The van der Waals surface area contributed by atoms with Crippen molar-refractivity contribution >= 4 is 54.4 Å². The maximum atomic E-state index is 5.14. The van der Waals surface area contributed by atoms with E-state index in [1.807, 2.05) is 24.3 Å². The molecule has 0 saturated carbocycles. The number of hydrogen-bond donors (Lipinski definition) is 0. The fourth-order valence-electron chi connectivity index (χ4n) is 9.20. The Hall–Kier alpha value is -8.08. The summed E-state index contributed by atoms with van der Waals surface area (Å²) in [5.41, 5.74) is 14.3. The minimum Gasteiger partial charge on any atom is -0.309 e. The molecule has 3 aromatic heterocycles. The zero-order valence-corrected chi connectivity index (χ0v) is 32.6. The zero-order chi connectivity index (χ0) is 39.6. The van der Waals surface area contributed by atoms with Gasteiger partial charge >= 0.3 is 0 Å². The number of fused-ring (bicyclic) bond motifs is 8. The number of rotatable bonds is 6. The standard InChI is InChI=1S/C56H36N4/c1-4-16-37(17-5-1)40-22-14-24-43(35-40)59-50-27-12-10-25-45(50)54-52(59)32-33-53-55(54)46-26-11-13-28-51(46)60(53)49-29-15-23-41-34-42(30-31-44(41)49)48-36-47(38-18-6-2-7-19-38)57-56(58-48)39-20-8-3-9-21-39/h1-36H. The van der Waals surface area contributed by atoms with Gasteiger partial charge in [-0.25, -0.2) is 9.97 Å². The summed E-state index contributed by atoms with van der Waals surface area (Å²) in [6.45, 7) is 0. The molecular weight excluding hydrogens is 729 g/mol. The van der Waals surface area contributed by atoms with Crippen LogP contribution in [0.1, 0.15) is 0 Å². The fourth-order valence-corrected chi connectivity index (χ4v) is 9.20. The molecular formula is C56H36N4. The van der Waals surface area contributed by atoms with Crippen LogP contribution in [0.4, 0.5) is 0 Å². The van der Waals surface area contributed by atoms with Gasteiger partial charge < -0.3 is 9.13 Å². The van der Waals surface area contributed by atoms with Gasteiger partial charge in [0.25, 0.3) is 0 Å².